The lowest BCUT2D eigenvalue weighted by Gasteiger charge is -2.18. The van der Waals surface area contributed by atoms with E-state index in [1.54, 1.807) is 0 Å². The summed E-state index contributed by atoms with van der Waals surface area (Å²) >= 11 is 3.49. The summed E-state index contributed by atoms with van der Waals surface area (Å²) in [6, 6.07) is 7.91. The highest BCUT2D eigenvalue weighted by atomic mass is 79.9. The number of carboxylic acids is 1. The Balaban J connectivity index is 2.14. The molecule has 1 heterocycles. The topological polar surface area (TPSA) is 66.3 Å². The zero-order valence-corrected chi connectivity index (χ0v) is 11.8. The van der Waals surface area contributed by atoms with Crippen LogP contribution in [0.15, 0.2) is 41.1 Å². The van der Waals surface area contributed by atoms with Gasteiger partial charge in [-0.15, -0.1) is 0 Å². The number of aromatic carboxylic acids is 1. The molecule has 0 aliphatic carbocycles. The highest BCUT2D eigenvalue weighted by Gasteiger charge is 2.09. The van der Waals surface area contributed by atoms with Crippen LogP contribution in [-0.4, -0.2) is 28.1 Å². The normalized spacial score (nSPS) is 10.2. The number of halogens is 1. The summed E-state index contributed by atoms with van der Waals surface area (Å²) in [4.78, 5) is 20.5. The van der Waals surface area contributed by atoms with Gasteiger partial charge in [-0.25, -0.2) is 14.8 Å². The lowest BCUT2D eigenvalue weighted by molar-refractivity contribution is 0.0690. The number of carboxylic acid groups (broad SMARTS) is 1. The van der Waals surface area contributed by atoms with Crippen molar-refractivity contribution in [2.24, 2.45) is 0 Å². The van der Waals surface area contributed by atoms with Crippen molar-refractivity contribution >= 4 is 27.7 Å². The van der Waals surface area contributed by atoms with E-state index in [1.165, 1.54) is 12.4 Å². The molecule has 0 aliphatic heterocycles. The molecule has 1 aromatic carbocycles. The van der Waals surface area contributed by atoms with Crippen LogP contribution >= 0.6 is 15.9 Å². The van der Waals surface area contributed by atoms with Gasteiger partial charge in [0.25, 0.3) is 0 Å². The van der Waals surface area contributed by atoms with E-state index in [-0.39, 0.29) is 5.69 Å². The Hall–Kier alpha value is -1.95. The minimum atomic E-state index is -1.08. The molecule has 0 saturated heterocycles. The molecule has 1 aromatic heterocycles. The van der Waals surface area contributed by atoms with E-state index in [9.17, 15) is 4.79 Å². The van der Waals surface area contributed by atoms with Crippen LogP contribution in [0.3, 0.4) is 0 Å². The van der Waals surface area contributed by atoms with E-state index in [4.69, 9.17) is 5.11 Å². The zero-order valence-electron chi connectivity index (χ0n) is 10.2. The molecule has 0 amide bonds. The van der Waals surface area contributed by atoms with Crippen molar-refractivity contribution in [1.29, 1.82) is 0 Å². The second-order valence-electron chi connectivity index (χ2n) is 4.01. The molecule has 0 aliphatic rings. The van der Waals surface area contributed by atoms with Gasteiger partial charge in [0, 0.05) is 18.1 Å². The summed E-state index contributed by atoms with van der Waals surface area (Å²) in [5.74, 6) is -0.451. The Morgan fingerprint density at radius 1 is 1.32 bits per heavy atom. The SMILES string of the molecule is CN(Cc1ccccc1Br)c1cnc(C(=O)O)cn1. The van der Waals surface area contributed by atoms with Crippen molar-refractivity contribution in [1.82, 2.24) is 9.97 Å². The molecule has 0 atom stereocenters. The third-order valence-electron chi connectivity index (χ3n) is 2.61. The Bertz CT molecular complexity index is 587. The fraction of sp³-hybridized carbons (Fsp3) is 0.154. The van der Waals surface area contributed by atoms with Gasteiger partial charge >= 0.3 is 5.97 Å². The molecule has 0 fully saturated rings. The molecule has 0 saturated carbocycles. The van der Waals surface area contributed by atoms with Gasteiger partial charge in [0.15, 0.2) is 5.69 Å². The van der Waals surface area contributed by atoms with Gasteiger partial charge in [-0.2, -0.15) is 0 Å². The van der Waals surface area contributed by atoms with Crippen LogP contribution in [0.4, 0.5) is 5.82 Å². The first-order valence-electron chi connectivity index (χ1n) is 5.58. The summed E-state index contributed by atoms with van der Waals surface area (Å²) in [5, 5.41) is 8.76. The van der Waals surface area contributed by atoms with Gasteiger partial charge in [0.2, 0.25) is 0 Å². The smallest absolute Gasteiger partial charge is 0.356 e. The van der Waals surface area contributed by atoms with Crippen LogP contribution < -0.4 is 4.90 Å². The summed E-state index contributed by atoms with van der Waals surface area (Å²) in [5.41, 5.74) is 1.06. The van der Waals surface area contributed by atoms with Crippen LogP contribution in [-0.2, 0) is 6.54 Å². The number of aromatic nitrogens is 2. The molecule has 0 bridgehead atoms. The van der Waals surface area contributed by atoms with Crippen LogP contribution in [0.2, 0.25) is 0 Å². The fourth-order valence-electron chi connectivity index (χ4n) is 1.59. The molecule has 0 radical (unpaired) electrons. The fourth-order valence-corrected chi connectivity index (χ4v) is 2.00. The molecule has 5 nitrogen and oxygen atoms in total. The van der Waals surface area contributed by atoms with Crippen LogP contribution in [0, 0.1) is 0 Å². The first-order chi connectivity index (χ1) is 9.08. The van der Waals surface area contributed by atoms with Gasteiger partial charge < -0.3 is 10.0 Å². The second kappa shape index (κ2) is 5.79. The first-order valence-corrected chi connectivity index (χ1v) is 6.37. The third-order valence-corrected chi connectivity index (χ3v) is 3.39. The van der Waals surface area contributed by atoms with Crippen molar-refractivity contribution in [2.75, 3.05) is 11.9 Å². The lowest BCUT2D eigenvalue weighted by Crippen LogP contribution is -2.18. The summed E-state index contributed by atoms with van der Waals surface area (Å²) in [6.45, 7) is 0.655. The number of nitrogens with zero attached hydrogens (tertiary/aromatic N) is 3. The van der Waals surface area contributed by atoms with Crippen molar-refractivity contribution < 1.29 is 9.90 Å². The first kappa shape index (κ1) is 13.5. The maximum absolute atomic E-state index is 10.7. The molecular formula is C13H12BrN3O2. The predicted octanol–water partition coefficient (Wildman–Crippen LogP) is 2.57. The van der Waals surface area contributed by atoms with Gasteiger partial charge in [-0.3, -0.25) is 0 Å². The second-order valence-corrected chi connectivity index (χ2v) is 4.87. The largest absolute Gasteiger partial charge is 0.476 e. The summed E-state index contributed by atoms with van der Waals surface area (Å²) in [7, 11) is 1.88. The van der Waals surface area contributed by atoms with Gasteiger partial charge in [0.05, 0.1) is 12.4 Å². The molecule has 0 unspecified atom stereocenters. The monoisotopic (exact) mass is 321 g/mol. The molecule has 1 N–H and O–H groups in total. The van der Waals surface area contributed by atoms with Crippen molar-refractivity contribution in [3.8, 4) is 0 Å². The van der Waals surface area contributed by atoms with Gasteiger partial charge in [0.1, 0.15) is 5.82 Å². The van der Waals surface area contributed by atoms with Crippen LogP contribution in [0.1, 0.15) is 16.1 Å². The highest BCUT2D eigenvalue weighted by Crippen LogP contribution is 2.19. The third kappa shape index (κ3) is 3.29. The maximum atomic E-state index is 10.7. The van der Waals surface area contributed by atoms with E-state index in [2.05, 4.69) is 25.9 Å². The van der Waals surface area contributed by atoms with E-state index < -0.39 is 5.97 Å². The molecule has 6 heteroatoms. The minimum absolute atomic E-state index is 0.0574. The van der Waals surface area contributed by atoms with E-state index in [1.807, 2.05) is 36.2 Å². The standard InChI is InChI=1S/C13H12BrN3O2/c1-17(8-9-4-2-3-5-10(9)14)12-7-15-11(6-16-12)13(18)19/h2-7H,8H2,1H3,(H,18,19). The van der Waals surface area contributed by atoms with Crippen molar-refractivity contribution in [2.45, 2.75) is 6.54 Å². The Kier molecular flexibility index (Phi) is 4.11. The molecule has 0 spiro atoms. The van der Waals surface area contributed by atoms with Crippen LogP contribution in [0.25, 0.3) is 0 Å². The molecule has 2 rings (SSSR count). The van der Waals surface area contributed by atoms with E-state index >= 15 is 0 Å². The Labute approximate surface area is 119 Å². The maximum Gasteiger partial charge on any atom is 0.356 e. The van der Waals surface area contributed by atoms with Crippen molar-refractivity contribution in [3.05, 3.63) is 52.4 Å². The molecule has 19 heavy (non-hydrogen) atoms. The quantitative estimate of drug-likeness (QED) is 0.937. The highest BCUT2D eigenvalue weighted by molar-refractivity contribution is 9.10. The Morgan fingerprint density at radius 2 is 2.05 bits per heavy atom. The summed E-state index contributed by atoms with van der Waals surface area (Å²) < 4.78 is 1.02. The zero-order chi connectivity index (χ0) is 13.8. The number of hydrogen-bond donors (Lipinski definition) is 1. The number of rotatable bonds is 4. The number of hydrogen-bond acceptors (Lipinski definition) is 4. The van der Waals surface area contributed by atoms with Crippen molar-refractivity contribution in [3.63, 3.8) is 0 Å². The number of anilines is 1. The average Bonchev–Trinajstić information content (AvgIpc) is 2.41. The molecule has 98 valence electrons. The van der Waals surface area contributed by atoms with Gasteiger partial charge in [-0.1, -0.05) is 34.1 Å². The molecule has 2 aromatic rings. The van der Waals surface area contributed by atoms with E-state index in [0.717, 1.165) is 10.0 Å². The lowest BCUT2D eigenvalue weighted by atomic mass is 10.2. The average molecular weight is 322 g/mol. The predicted molar refractivity (Wildman–Crippen MR) is 75.2 cm³/mol. The number of benzene rings is 1. The Morgan fingerprint density at radius 3 is 2.63 bits per heavy atom. The number of carbonyl (C=O) groups is 1. The summed E-state index contributed by atoms with van der Waals surface area (Å²) in [6.07, 6.45) is 2.72. The van der Waals surface area contributed by atoms with Gasteiger partial charge in [-0.05, 0) is 11.6 Å². The van der Waals surface area contributed by atoms with Crippen LogP contribution in [0.5, 0.6) is 0 Å². The molecular weight excluding hydrogens is 310 g/mol. The minimum Gasteiger partial charge on any atom is -0.476 e. The van der Waals surface area contributed by atoms with E-state index in [0.29, 0.717) is 12.4 Å².